The van der Waals surface area contributed by atoms with Crippen LogP contribution < -0.4 is 0 Å². The number of epoxide rings is 1. The predicted molar refractivity (Wildman–Crippen MR) is 82.2 cm³/mol. The summed E-state index contributed by atoms with van der Waals surface area (Å²) in [6.45, 7) is 4.75. The number of fused-ring (bicyclic) bond motifs is 4. The molecule has 4 saturated carbocycles. The van der Waals surface area contributed by atoms with Crippen LogP contribution >= 0.6 is 0 Å². The Kier molecular flexibility index (Phi) is 2.52. The molecular formula is C19H28O3. The van der Waals surface area contributed by atoms with E-state index in [2.05, 4.69) is 13.8 Å². The summed E-state index contributed by atoms with van der Waals surface area (Å²) in [7, 11) is 0. The first kappa shape index (κ1) is 14.0. The topological polar surface area (TPSA) is 49.8 Å². The molecule has 3 heteroatoms. The quantitative estimate of drug-likeness (QED) is 0.700. The van der Waals surface area contributed by atoms with Crippen molar-refractivity contribution in [1.29, 1.82) is 0 Å². The predicted octanol–water partition coefficient (Wildman–Crippen LogP) is 3.09. The van der Waals surface area contributed by atoms with E-state index in [1.54, 1.807) is 0 Å². The summed E-state index contributed by atoms with van der Waals surface area (Å²) in [4.78, 5) is 12.1. The van der Waals surface area contributed by atoms with Crippen molar-refractivity contribution in [3.05, 3.63) is 0 Å². The van der Waals surface area contributed by atoms with Gasteiger partial charge in [-0.25, -0.2) is 0 Å². The number of hydrogen-bond donors (Lipinski definition) is 1. The van der Waals surface area contributed by atoms with Crippen molar-refractivity contribution in [3.63, 3.8) is 0 Å². The molecule has 0 aromatic heterocycles. The number of carbonyl (C=O) groups excluding carboxylic acids is 1. The molecule has 1 spiro atoms. The highest BCUT2D eigenvalue weighted by Crippen LogP contribution is 2.72. The molecule has 0 bridgehead atoms. The van der Waals surface area contributed by atoms with Crippen LogP contribution in [0.3, 0.4) is 0 Å². The van der Waals surface area contributed by atoms with Crippen molar-refractivity contribution in [2.24, 2.45) is 28.6 Å². The lowest BCUT2D eigenvalue weighted by Crippen LogP contribution is -2.58. The van der Waals surface area contributed by atoms with E-state index in [1.807, 2.05) is 0 Å². The largest absolute Gasteiger partial charge is 0.393 e. The Hall–Kier alpha value is -0.410. The molecule has 5 rings (SSSR count). The number of hydrogen-bond acceptors (Lipinski definition) is 3. The van der Waals surface area contributed by atoms with Crippen LogP contribution in [-0.4, -0.2) is 28.7 Å². The van der Waals surface area contributed by atoms with Crippen LogP contribution in [-0.2, 0) is 9.53 Å². The van der Waals surface area contributed by atoms with Gasteiger partial charge < -0.3 is 9.84 Å². The van der Waals surface area contributed by atoms with Gasteiger partial charge in [-0.15, -0.1) is 0 Å². The maximum Gasteiger partial charge on any atom is 0.164 e. The van der Waals surface area contributed by atoms with Gasteiger partial charge in [0.1, 0.15) is 11.7 Å². The number of ether oxygens (including phenoxy) is 1. The van der Waals surface area contributed by atoms with Gasteiger partial charge >= 0.3 is 0 Å². The van der Waals surface area contributed by atoms with E-state index >= 15 is 0 Å². The fourth-order valence-corrected chi connectivity index (χ4v) is 7.47. The highest BCUT2D eigenvalue weighted by Gasteiger charge is 2.76. The van der Waals surface area contributed by atoms with Gasteiger partial charge in [-0.1, -0.05) is 13.8 Å². The van der Waals surface area contributed by atoms with Crippen LogP contribution in [0.25, 0.3) is 0 Å². The second-order valence-corrected chi connectivity index (χ2v) is 9.32. The van der Waals surface area contributed by atoms with Gasteiger partial charge in [0.15, 0.2) is 5.78 Å². The molecule has 0 radical (unpaired) electrons. The van der Waals surface area contributed by atoms with Crippen molar-refractivity contribution in [2.75, 3.05) is 0 Å². The van der Waals surface area contributed by atoms with E-state index in [-0.39, 0.29) is 28.6 Å². The van der Waals surface area contributed by atoms with Crippen molar-refractivity contribution in [2.45, 2.75) is 83.0 Å². The highest BCUT2D eigenvalue weighted by atomic mass is 16.6. The summed E-state index contributed by atoms with van der Waals surface area (Å²) in [6.07, 6.45) is 8.42. The summed E-state index contributed by atoms with van der Waals surface area (Å²) in [6, 6.07) is 0. The monoisotopic (exact) mass is 304 g/mol. The second kappa shape index (κ2) is 3.97. The zero-order valence-corrected chi connectivity index (χ0v) is 13.8. The molecule has 22 heavy (non-hydrogen) atoms. The average molecular weight is 304 g/mol. The highest BCUT2D eigenvalue weighted by molar-refractivity contribution is 5.88. The standard InChI is InChI=1S/C19H28O3/c1-17-8-6-13-11(12(17)3-4-15(17)21)5-10-19-16(22-19)14(20)7-9-18(13,19)2/h11-13,15-16,21H,3-10H2,1-2H3/t11-,12-,13-,15-,16?,17-,18+,19?/m0/s1. The van der Waals surface area contributed by atoms with Gasteiger partial charge in [-0.3, -0.25) is 4.79 Å². The lowest BCUT2D eigenvalue weighted by Gasteiger charge is -2.59. The molecule has 1 saturated heterocycles. The summed E-state index contributed by atoms with van der Waals surface area (Å²) < 4.78 is 6.09. The van der Waals surface area contributed by atoms with Crippen molar-refractivity contribution >= 4 is 5.78 Å². The summed E-state index contributed by atoms with van der Waals surface area (Å²) in [5.41, 5.74) is 0.244. The third-order valence-corrected chi connectivity index (χ3v) is 8.90. The maximum absolute atomic E-state index is 12.1. The lowest BCUT2D eigenvalue weighted by atomic mass is 9.45. The Morgan fingerprint density at radius 3 is 2.68 bits per heavy atom. The fourth-order valence-electron chi connectivity index (χ4n) is 7.47. The fraction of sp³-hybridized carbons (Fsp3) is 0.947. The number of ketones is 1. The molecule has 4 aliphatic carbocycles. The molecule has 0 aromatic carbocycles. The minimum atomic E-state index is -0.103. The van der Waals surface area contributed by atoms with E-state index in [9.17, 15) is 9.90 Å². The van der Waals surface area contributed by atoms with Gasteiger partial charge in [0.2, 0.25) is 0 Å². The van der Waals surface area contributed by atoms with Gasteiger partial charge in [0.05, 0.1) is 6.10 Å². The second-order valence-electron chi connectivity index (χ2n) is 9.32. The molecule has 3 nitrogen and oxygen atoms in total. The lowest BCUT2D eigenvalue weighted by molar-refractivity contribution is -0.133. The Balaban J connectivity index is 1.51. The molecule has 1 heterocycles. The third kappa shape index (κ3) is 1.36. The Morgan fingerprint density at radius 1 is 1.05 bits per heavy atom. The van der Waals surface area contributed by atoms with E-state index in [4.69, 9.17) is 4.74 Å². The number of carbonyl (C=O) groups is 1. The van der Waals surface area contributed by atoms with Crippen LogP contribution in [0.4, 0.5) is 0 Å². The normalized spacial score (nSPS) is 62.7. The molecule has 2 unspecified atom stereocenters. The minimum Gasteiger partial charge on any atom is -0.393 e. The van der Waals surface area contributed by atoms with Gasteiger partial charge in [-0.05, 0) is 68.1 Å². The third-order valence-electron chi connectivity index (χ3n) is 8.90. The molecule has 8 atom stereocenters. The summed E-state index contributed by atoms with van der Waals surface area (Å²) >= 11 is 0. The van der Waals surface area contributed by atoms with E-state index in [0.717, 1.165) is 38.0 Å². The number of Topliss-reactive ketones (excluding diaryl/α,β-unsaturated/α-hetero) is 1. The number of aliphatic hydroxyl groups is 1. The summed E-state index contributed by atoms with van der Waals surface area (Å²) in [5, 5.41) is 10.5. The Labute approximate surface area is 132 Å². The Bertz CT molecular complexity index is 545. The first-order valence-electron chi connectivity index (χ1n) is 9.31. The molecule has 5 aliphatic rings. The molecule has 5 fully saturated rings. The van der Waals surface area contributed by atoms with Crippen LogP contribution in [0.15, 0.2) is 0 Å². The molecule has 1 N–H and O–H groups in total. The zero-order valence-electron chi connectivity index (χ0n) is 13.8. The molecule has 122 valence electrons. The Morgan fingerprint density at radius 2 is 1.86 bits per heavy atom. The van der Waals surface area contributed by atoms with Crippen LogP contribution in [0.1, 0.15) is 65.2 Å². The molecule has 1 aliphatic heterocycles. The van der Waals surface area contributed by atoms with Crippen LogP contribution in [0.5, 0.6) is 0 Å². The number of aliphatic hydroxyl groups excluding tert-OH is 1. The summed E-state index contributed by atoms with van der Waals surface area (Å²) in [5.74, 6) is 2.48. The van der Waals surface area contributed by atoms with Crippen molar-refractivity contribution < 1.29 is 14.6 Å². The van der Waals surface area contributed by atoms with Crippen molar-refractivity contribution in [1.82, 2.24) is 0 Å². The number of rotatable bonds is 0. The average Bonchev–Trinajstić information content (AvgIpc) is 3.17. The van der Waals surface area contributed by atoms with Crippen LogP contribution in [0, 0.1) is 28.6 Å². The van der Waals surface area contributed by atoms with E-state index in [0.29, 0.717) is 17.6 Å². The minimum absolute atomic E-state index is 0.0744. The first-order chi connectivity index (χ1) is 10.4. The smallest absolute Gasteiger partial charge is 0.164 e. The van der Waals surface area contributed by atoms with Crippen LogP contribution in [0.2, 0.25) is 0 Å². The zero-order chi connectivity index (χ0) is 15.3. The van der Waals surface area contributed by atoms with E-state index in [1.165, 1.54) is 19.3 Å². The van der Waals surface area contributed by atoms with Gasteiger partial charge in [-0.2, -0.15) is 0 Å². The molecule has 0 aromatic rings. The van der Waals surface area contributed by atoms with Gasteiger partial charge in [0, 0.05) is 11.8 Å². The molecule has 0 amide bonds. The first-order valence-corrected chi connectivity index (χ1v) is 9.31. The molecular weight excluding hydrogens is 276 g/mol. The SMILES string of the molecule is C[C@]12CC[C@H]3[C@@H](CCC45OC4C(=O)CC[C@]35C)[C@@H]1CC[C@@H]2O. The van der Waals surface area contributed by atoms with Gasteiger partial charge in [0.25, 0.3) is 0 Å². The van der Waals surface area contributed by atoms with E-state index < -0.39 is 0 Å². The van der Waals surface area contributed by atoms with Crippen molar-refractivity contribution in [3.8, 4) is 0 Å². The maximum atomic E-state index is 12.1.